The van der Waals surface area contributed by atoms with Crippen molar-refractivity contribution >= 4 is 5.97 Å². The summed E-state index contributed by atoms with van der Waals surface area (Å²) in [5.41, 5.74) is 6.86. The zero-order valence-electron chi connectivity index (χ0n) is 13.9. The molecule has 0 radical (unpaired) electrons. The summed E-state index contributed by atoms with van der Waals surface area (Å²) in [5.74, 6) is 0.813. The van der Waals surface area contributed by atoms with E-state index < -0.39 is 12.0 Å². The van der Waals surface area contributed by atoms with Crippen molar-refractivity contribution in [2.45, 2.75) is 63.8 Å². The third kappa shape index (κ3) is 6.61. The smallest absolute Gasteiger partial charge is 0.320 e. The topological polar surface area (TPSA) is 72.5 Å². The summed E-state index contributed by atoms with van der Waals surface area (Å²) >= 11 is 0. The molecule has 3 N–H and O–H groups in total. The summed E-state index contributed by atoms with van der Waals surface area (Å²) in [7, 11) is 0. The fourth-order valence-corrected chi connectivity index (χ4v) is 3.23. The number of nitrogens with two attached hydrogens (primary N) is 1. The second-order valence-corrected chi connectivity index (χ2v) is 6.64. The molecule has 0 unspecified atom stereocenters. The molecule has 1 aromatic carbocycles. The van der Waals surface area contributed by atoms with Crippen LogP contribution in [0.2, 0.25) is 0 Å². The number of hydrogen-bond donors (Lipinski definition) is 2. The molecule has 1 saturated carbocycles. The molecule has 0 aliphatic heterocycles. The van der Waals surface area contributed by atoms with Crippen molar-refractivity contribution < 1.29 is 14.6 Å². The zero-order chi connectivity index (χ0) is 16.5. The van der Waals surface area contributed by atoms with Gasteiger partial charge in [0.1, 0.15) is 11.8 Å². The van der Waals surface area contributed by atoms with Gasteiger partial charge in [0.15, 0.2) is 0 Å². The van der Waals surface area contributed by atoms with E-state index in [1.807, 2.05) is 12.1 Å². The van der Waals surface area contributed by atoms with Gasteiger partial charge in [-0.1, -0.05) is 44.2 Å². The van der Waals surface area contributed by atoms with Gasteiger partial charge in [-0.05, 0) is 49.3 Å². The second kappa shape index (κ2) is 9.56. The van der Waals surface area contributed by atoms with Gasteiger partial charge in [0, 0.05) is 0 Å². The molecule has 0 amide bonds. The van der Waals surface area contributed by atoms with E-state index in [1.54, 1.807) is 0 Å². The van der Waals surface area contributed by atoms with Gasteiger partial charge >= 0.3 is 5.97 Å². The number of ether oxygens (including phenoxy) is 1. The Kier molecular flexibility index (Phi) is 7.40. The van der Waals surface area contributed by atoms with Crippen LogP contribution in [0.4, 0.5) is 0 Å². The maximum absolute atomic E-state index is 10.6. The van der Waals surface area contributed by atoms with Gasteiger partial charge < -0.3 is 15.6 Å². The number of carbonyl (C=O) groups is 1. The Morgan fingerprint density at radius 3 is 2.52 bits per heavy atom. The fourth-order valence-electron chi connectivity index (χ4n) is 3.23. The van der Waals surface area contributed by atoms with Gasteiger partial charge in [0.05, 0.1) is 6.61 Å². The average molecular weight is 319 g/mol. The van der Waals surface area contributed by atoms with Crippen LogP contribution in [0, 0.1) is 5.92 Å². The number of hydrogen-bond acceptors (Lipinski definition) is 3. The molecule has 1 atom stereocenters. The minimum absolute atomic E-state index is 0.499. The Balaban J connectivity index is 1.63. The summed E-state index contributed by atoms with van der Waals surface area (Å²) in [6, 6.07) is 7.67. The Morgan fingerprint density at radius 1 is 1.17 bits per heavy atom. The van der Waals surface area contributed by atoms with Crippen molar-refractivity contribution in [1.82, 2.24) is 0 Å². The standard InChI is InChI=1S/C19H29NO3/c20-18(19(21)22)8-4-5-13-23-17-11-9-16(10-12-17)14-15-6-2-1-3-7-15/h9-12,15,18H,1-8,13-14,20H2,(H,21,22)/t18-/m0/s1. The number of rotatable bonds is 9. The maximum atomic E-state index is 10.6. The highest BCUT2D eigenvalue weighted by molar-refractivity contribution is 5.72. The molecular formula is C19H29NO3. The largest absolute Gasteiger partial charge is 0.494 e. The molecule has 0 spiro atoms. The highest BCUT2D eigenvalue weighted by Crippen LogP contribution is 2.27. The first-order chi connectivity index (χ1) is 11.1. The van der Waals surface area contributed by atoms with Crippen molar-refractivity contribution in [3.05, 3.63) is 29.8 Å². The Morgan fingerprint density at radius 2 is 1.87 bits per heavy atom. The summed E-state index contributed by atoms with van der Waals surface area (Å²) in [4.78, 5) is 10.6. The van der Waals surface area contributed by atoms with Gasteiger partial charge in [-0.15, -0.1) is 0 Å². The number of carboxylic acid groups (broad SMARTS) is 1. The molecule has 23 heavy (non-hydrogen) atoms. The van der Waals surface area contributed by atoms with Crippen LogP contribution in [0.1, 0.15) is 56.9 Å². The normalized spacial score (nSPS) is 16.9. The van der Waals surface area contributed by atoms with Gasteiger partial charge in [0.25, 0.3) is 0 Å². The van der Waals surface area contributed by atoms with E-state index in [-0.39, 0.29) is 0 Å². The van der Waals surface area contributed by atoms with Crippen LogP contribution < -0.4 is 10.5 Å². The molecule has 4 heteroatoms. The molecular weight excluding hydrogens is 290 g/mol. The molecule has 128 valence electrons. The zero-order valence-corrected chi connectivity index (χ0v) is 13.9. The molecule has 0 bridgehead atoms. The van der Waals surface area contributed by atoms with E-state index in [0.29, 0.717) is 13.0 Å². The lowest BCUT2D eigenvalue weighted by molar-refractivity contribution is -0.138. The lowest BCUT2D eigenvalue weighted by Crippen LogP contribution is -2.29. The fraction of sp³-hybridized carbons (Fsp3) is 0.632. The van der Waals surface area contributed by atoms with E-state index in [4.69, 9.17) is 15.6 Å². The van der Waals surface area contributed by atoms with Gasteiger partial charge in [-0.2, -0.15) is 0 Å². The monoisotopic (exact) mass is 319 g/mol. The molecule has 1 aromatic rings. The van der Waals surface area contributed by atoms with Crippen LogP contribution in [-0.2, 0) is 11.2 Å². The van der Waals surface area contributed by atoms with Gasteiger partial charge in [-0.3, -0.25) is 4.79 Å². The highest BCUT2D eigenvalue weighted by atomic mass is 16.5. The molecule has 4 nitrogen and oxygen atoms in total. The quantitative estimate of drug-likeness (QED) is 0.680. The van der Waals surface area contributed by atoms with Crippen molar-refractivity contribution in [1.29, 1.82) is 0 Å². The summed E-state index contributed by atoms with van der Waals surface area (Å²) in [6.07, 6.45) is 10.2. The Hall–Kier alpha value is -1.55. The molecule has 0 heterocycles. The van der Waals surface area contributed by atoms with Crippen LogP contribution >= 0.6 is 0 Å². The first-order valence-electron chi connectivity index (χ1n) is 8.85. The minimum atomic E-state index is -0.931. The van der Waals surface area contributed by atoms with Crippen LogP contribution in [0.3, 0.4) is 0 Å². The van der Waals surface area contributed by atoms with Gasteiger partial charge in [0.2, 0.25) is 0 Å². The van der Waals surface area contributed by atoms with E-state index in [0.717, 1.165) is 24.5 Å². The van der Waals surface area contributed by atoms with E-state index >= 15 is 0 Å². The SMILES string of the molecule is N[C@@H](CCCCOc1ccc(CC2CCCCC2)cc1)C(=O)O. The number of aliphatic carboxylic acids is 1. The summed E-state index contributed by atoms with van der Waals surface area (Å²) in [5, 5.41) is 8.70. The maximum Gasteiger partial charge on any atom is 0.320 e. The lowest BCUT2D eigenvalue weighted by atomic mass is 9.85. The summed E-state index contributed by atoms with van der Waals surface area (Å²) < 4.78 is 5.71. The number of carboxylic acids is 1. The first kappa shape index (κ1) is 17.8. The third-order valence-electron chi connectivity index (χ3n) is 4.67. The molecule has 1 aliphatic carbocycles. The first-order valence-corrected chi connectivity index (χ1v) is 8.85. The van der Waals surface area contributed by atoms with Crippen LogP contribution in [0.5, 0.6) is 5.75 Å². The molecule has 2 rings (SSSR count). The lowest BCUT2D eigenvalue weighted by Gasteiger charge is -2.21. The number of benzene rings is 1. The number of unbranched alkanes of at least 4 members (excludes halogenated alkanes) is 1. The Labute approximate surface area is 139 Å². The van der Waals surface area contributed by atoms with Crippen molar-refractivity contribution in [3.63, 3.8) is 0 Å². The average Bonchev–Trinajstić information content (AvgIpc) is 2.56. The van der Waals surface area contributed by atoms with Crippen LogP contribution in [0.25, 0.3) is 0 Å². The van der Waals surface area contributed by atoms with Crippen LogP contribution in [-0.4, -0.2) is 23.7 Å². The van der Waals surface area contributed by atoms with Crippen molar-refractivity contribution in [2.75, 3.05) is 6.61 Å². The van der Waals surface area contributed by atoms with Crippen LogP contribution in [0.15, 0.2) is 24.3 Å². The van der Waals surface area contributed by atoms with E-state index in [2.05, 4.69) is 12.1 Å². The molecule has 1 fully saturated rings. The van der Waals surface area contributed by atoms with E-state index in [1.165, 1.54) is 44.1 Å². The molecule has 0 saturated heterocycles. The molecule has 1 aliphatic rings. The second-order valence-electron chi connectivity index (χ2n) is 6.64. The predicted octanol–water partition coefficient (Wildman–Crippen LogP) is 3.77. The minimum Gasteiger partial charge on any atom is -0.494 e. The third-order valence-corrected chi connectivity index (χ3v) is 4.67. The van der Waals surface area contributed by atoms with Crippen molar-refractivity contribution in [2.24, 2.45) is 11.7 Å². The summed E-state index contributed by atoms with van der Waals surface area (Å²) in [6.45, 7) is 0.605. The van der Waals surface area contributed by atoms with Crippen molar-refractivity contribution in [3.8, 4) is 5.75 Å². The predicted molar refractivity (Wildman–Crippen MR) is 91.7 cm³/mol. The molecule has 0 aromatic heterocycles. The Bertz CT molecular complexity index is 466. The van der Waals surface area contributed by atoms with Gasteiger partial charge in [-0.25, -0.2) is 0 Å². The van der Waals surface area contributed by atoms with E-state index in [9.17, 15) is 4.79 Å². The highest BCUT2D eigenvalue weighted by Gasteiger charge is 2.13.